The molecule has 1 aliphatic rings. The number of nitrogens with zero attached hydrogens (tertiary/aromatic N) is 2. The second kappa shape index (κ2) is 5.12. The Labute approximate surface area is 120 Å². The van der Waals surface area contributed by atoms with Gasteiger partial charge in [-0.25, -0.2) is 0 Å². The number of benzene rings is 1. The van der Waals surface area contributed by atoms with Crippen LogP contribution >= 0.6 is 34.2 Å². The molecule has 0 spiro atoms. The van der Waals surface area contributed by atoms with Gasteiger partial charge < -0.3 is 9.80 Å². The molecule has 92 valence electrons. The van der Waals surface area contributed by atoms with Gasteiger partial charge in [0.2, 0.25) is 0 Å². The number of carbonyl (C=O) groups is 1. The molecule has 2 rings (SSSR count). The number of likely N-dealkylation sites (tertiary alicyclic amines) is 1. The molecule has 0 aliphatic carbocycles. The van der Waals surface area contributed by atoms with Crippen LogP contribution in [0, 0.1) is 3.57 Å². The van der Waals surface area contributed by atoms with E-state index in [1.54, 1.807) is 6.07 Å². The summed E-state index contributed by atoms with van der Waals surface area (Å²) in [7, 11) is 4.07. The summed E-state index contributed by atoms with van der Waals surface area (Å²) in [4.78, 5) is 16.2. The van der Waals surface area contributed by atoms with E-state index in [4.69, 9.17) is 11.6 Å². The Morgan fingerprint density at radius 2 is 2.12 bits per heavy atom. The molecular weight excluding hydrogens is 351 g/mol. The van der Waals surface area contributed by atoms with Crippen LogP contribution in [0.4, 0.5) is 0 Å². The van der Waals surface area contributed by atoms with Crippen molar-refractivity contribution in [2.45, 2.75) is 6.04 Å². The summed E-state index contributed by atoms with van der Waals surface area (Å²) in [5.41, 5.74) is 0.607. The van der Waals surface area contributed by atoms with E-state index in [0.29, 0.717) is 16.6 Å². The second-order valence-corrected chi connectivity index (χ2v) is 6.10. The Bertz CT molecular complexity index is 444. The van der Waals surface area contributed by atoms with Gasteiger partial charge in [0.1, 0.15) is 0 Å². The summed E-state index contributed by atoms with van der Waals surface area (Å²) in [6, 6.07) is 5.99. The van der Waals surface area contributed by atoms with Crippen molar-refractivity contribution in [3.8, 4) is 0 Å². The third-order valence-corrected chi connectivity index (χ3v) is 4.04. The first-order chi connectivity index (χ1) is 7.99. The molecule has 0 unspecified atom stereocenters. The first-order valence-corrected chi connectivity index (χ1v) is 6.85. The molecule has 5 heteroatoms. The van der Waals surface area contributed by atoms with Crippen molar-refractivity contribution in [3.63, 3.8) is 0 Å². The van der Waals surface area contributed by atoms with Crippen molar-refractivity contribution in [2.75, 3.05) is 27.2 Å². The van der Waals surface area contributed by atoms with Gasteiger partial charge in [-0.05, 0) is 54.9 Å². The zero-order chi connectivity index (χ0) is 12.6. The van der Waals surface area contributed by atoms with Crippen LogP contribution in [0.1, 0.15) is 10.4 Å². The summed E-state index contributed by atoms with van der Waals surface area (Å²) in [6.07, 6.45) is 0. The van der Waals surface area contributed by atoms with Crippen molar-refractivity contribution in [2.24, 2.45) is 0 Å². The molecule has 0 aromatic heterocycles. The number of carbonyl (C=O) groups excluding carboxylic acids is 1. The minimum absolute atomic E-state index is 0.0339. The van der Waals surface area contributed by atoms with E-state index in [9.17, 15) is 4.79 Å². The van der Waals surface area contributed by atoms with Crippen LogP contribution in [0.25, 0.3) is 0 Å². The largest absolute Gasteiger partial charge is 0.335 e. The summed E-state index contributed by atoms with van der Waals surface area (Å²) < 4.78 is 1.03. The van der Waals surface area contributed by atoms with Crippen LogP contribution in [-0.4, -0.2) is 48.9 Å². The van der Waals surface area contributed by atoms with E-state index >= 15 is 0 Å². The van der Waals surface area contributed by atoms with Crippen molar-refractivity contribution in [3.05, 3.63) is 32.4 Å². The molecule has 1 aliphatic heterocycles. The van der Waals surface area contributed by atoms with Gasteiger partial charge in [-0.3, -0.25) is 4.79 Å². The van der Waals surface area contributed by atoms with Gasteiger partial charge in [0.25, 0.3) is 5.91 Å². The molecule has 1 fully saturated rings. The average Bonchev–Trinajstić information content (AvgIpc) is 2.18. The summed E-state index contributed by atoms with van der Waals surface area (Å²) in [5, 5.41) is 0.531. The maximum atomic E-state index is 12.2. The highest BCUT2D eigenvalue weighted by molar-refractivity contribution is 14.1. The maximum Gasteiger partial charge on any atom is 0.255 e. The van der Waals surface area contributed by atoms with Gasteiger partial charge in [-0.2, -0.15) is 0 Å². The zero-order valence-corrected chi connectivity index (χ0v) is 12.7. The Balaban J connectivity index is 2.09. The molecule has 0 N–H and O–H groups in total. The zero-order valence-electron chi connectivity index (χ0n) is 9.78. The lowest BCUT2D eigenvalue weighted by Crippen LogP contribution is -2.59. The van der Waals surface area contributed by atoms with Gasteiger partial charge >= 0.3 is 0 Å². The number of amides is 1. The third-order valence-electron chi connectivity index (χ3n) is 3.04. The fraction of sp³-hybridized carbons (Fsp3) is 0.417. The van der Waals surface area contributed by atoms with Gasteiger partial charge in [-0.1, -0.05) is 11.6 Å². The predicted octanol–water partition coefficient (Wildman–Crippen LogP) is 2.33. The van der Waals surface area contributed by atoms with Gasteiger partial charge in [-0.15, -0.1) is 0 Å². The smallest absolute Gasteiger partial charge is 0.255 e. The fourth-order valence-electron chi connectivity index (χ4n) is 1.78. The van der Waals surface area contributed by atoms with Crippen molar-refractivity contribution in [1.29, 1.82) is 0 Å². The predicted molar refractivity (Wildman–Crippen MR) is 77.5 cm³/mol. The molecule has 1 saturated heterocycles. The maximum absolute atomic E-state index is 12.2. The van der Waals surface area contributed by atoms with E-state index < -0.39 is 0 Å². The molecular formula is C12H14ClIN2O. The first-order valence-electron chi connectivity index (χ1n) is 5.40. The number of likely N-dealkylation sites (N-methyl/N-ethyl adjacent to an activating group) is 1. The van der Waals surface area contributed by atoms with E-state index in [0.717, 1.165) is 16.7 Å². The minimum atomic E-state index is 0.0339. The highest BCUT2D eigenvalue weighted by Gasteiger charge is 2.33. The second-order valence-electron chi connectivity index (χ2n) is 4.45. The number of halogens is 2. The lowest BCUT2D eigenvalue weighted by Gasteiger charge is -2.42. The molecule has 17 heavy (non-hydrogen) atoms. The average molecular weight is 365 g/mol. The van der Waals surface area contributed by atoms with Gasteiger partial charge in [0, 0.05) is 22.7 Å². The number of hydrogen-bond acceptors (Lipinski definition) is 2. The van der Waals surface area contributed by atoms with Gasteiger partial charge in [0.05, 0.1) is 10.6 Å². The normalized spacial score (nSPS) is 16.2. The van der Waals surface area contributed by atoms with E-state index in [1.807, 2.05) is 31.1 Å². The number of rotatable bonds is 2. The quantitative estimate of drug-likeness (QED) is 0.752. The Kier molecular flexibility index (Phi) is 3.95. The molecule has 1 heterocycles. The fourth-order valence-corrected chi connectivity index (χ4v) is 2.47. The third kappa shape index (κ3) is 2.74. The minimum Gasteiger partial charge on any atom is -0.335 e. The Morgan fingerprint density at radius 1 is 1.47 bits per heavy atom. The Morgan fingerprint density at radius 3 is 2.71 bits per heavy atom. The SMILES string of the molecule is CN(C)C1CN(C(=O)c2cc(I)ccc2Cl)C1. The van der Waals surface area contributed by atoms with Crippen LogP contribution in [0.5, 0.6) is 0 Å². The van der Waals surface area contributed by atoms with E-state index in [2.05, 4.69) is 27.5 Å². The lowest BCUT2D eigenvalue weighted by atomic mass is 10.1. The number of hydrogen-bond donors (Lipinski definition) is 0. The summed E-state index contributed by atoms with van der Waals surface area (Å²) >= 11 is 8.24. The molecule has 0 atom stereocenters. The lowest BCUT2D eigenvalue weighted by molar-refractivity contribution is 0.0399. The van der Waals surface area contributed by atoms with Gasteiger partial charge in [0.15, 0.2) is 0 Å². The van der Waals surface area contributed by atoms with Crippen molar-refractivity contribution < 1.29 is 4.79 Å². The van der Waals surface area contributed by atoms with E-state index in [-0.39, 0.29) is 5.91 Å². The molecule has 3 nitrogen and oxygen atoms in total. The molecule has 0 radical (unpaired) electrons. The molecule has 1 aromatic rings. The van der Waals surface area contributed by atoms with Crippen LogP contribution < -0.4 is 0 Å². The van der Waals surface area contributed by atoms with Crippen LogP contribution in [-0.2, 0) is 0 Å². The highest BCUT2D eigenvalue weighted by atomic mass is 127. The van der Waals surface area contributed by atoms with Crippen LogP contribution in [0.15, 0.2) is 18.2 Å². The molecule has 0 saturated carbocycles. The highest BCUT2D eigenvalue weighted by Crippen LogP contribution is 2.23. The van der Waals surface area contributed by atoms with E-state index in [1.165, 1.54) is 0 Å². The standard InChI is InChI=1S/C12H14ClIN2O/c1-15(2)9-6-16(7-9)12(17)10-5-8(14)3-4-11(10)13/h3-5,9H,6-7H2,1-2H3. The topological polar surface area (TPSA) is 23.6 Å². The monoisotopic (exact) mass is 364 g/mol. The Hall–Kier alpha value is -0.330. The van der Waals surface area contributed by atoms with Crippen LogP contribution in [0.3, 0.4) is 0 Å². The molecule has 1 amide bonds. The molecule has 0 bridgehead atoms. The summed E-state index contributed by atoms with van der Waals surface area (Å²) in [6.45, 7) is 1.57. The first kappa shape index (κ1) is 13.1. The van der Waals surface area contributed by atoms with Crippen molar-refractivity contribution in [1.82, 2.24) is 9.80 Å². The molecule has 1 aromatic carbocycles. The van der Waals surface area contributed by atoms with Crippen molar-refractivity contribution >= 4 is 40.1 Å². The summed E-state index contributed by atoms with van der Waals surface area (Å²) in [5.74, 6) is 0.0339. The van der Waals surface area contributed by atoms with Crippen LogP contribution in [0.2, 0.25) is 5.02 Å².